The zero-order valence-electron chi connectivity index (χ0n) is 16.3. The molecule has 0 bridgehead atoms. The van der Waals surface area contributed by atoms with E-state index in [2.05, 4.69) is 10.3 Å². The van der Waals surface area contributed by atoms with Gasteiger partial charge in [0.1, 0.15) is 15.8 Å². The molecule has 0 saturated heterocycles. The number of hydrogen-bond acceptors (Lipinski definition) is 4. The van der Waals surface area contributed by atoms with Crippen LogP contribution in [-0.2, 0) is 12.7 Å². The van der Waals surface area contributed by atoms with Gasteiger partial charge in [0.15, 0.2) is 10.9 Å². The number of alkyl halides is 3. The Kier molecular flexibility index (Phi) is 6.51. The molecule has 164 valence electrons. The highest BCUT2D eigenvalue weighted by atomic mass is 35.5. The van der Waals surface area contributed by atoms with Crippen molar-refractivity contribution in [3.8, 4) is 0 Å². The van der Waals surface area contributed by atoms with Gasteiger partial charge in [0.2, 0.25) is 0 Å². The number of ketones is 1. The Morgan fingerprint density at radius 3 is 2.55 bits per heavy atom. The van der Waals surface area contributed by atoms with Gasteiger partial charge in [0, 0.05) is 24.2 Å². The molecule has 2 heterocycles. The van der Waals surface area contributed by atoms with Gasteiger partial charge in [-0.3, -0.25) is 14.9 Å². The highest BCUT2D eigenvalue weighted by Gasteiger charge is 2.34. The van der Waals surface area contributed by atoms with Crippen molar-refractivity contribution in [2.24, 2.45) is 5.92 Å². The van der Waals surface area contributed by atoms with E-state index in [0.717, 1.165) is 17.4 Å². The maximum absolute atomic E-state index is 13.6. The van der Waals surface area contributed by atoms with Crippen molar-refractivity contribution >= 4 is 39.8 Å². The maximum Gasteiger partial charge on any atom is 0.419 e. The summed E-state index contributed by atoms with van der Waals surface area (Å²) in [6.45, 7) is 3.19. The smallest absolute Gasteiger partial charge is 0.338 e. The molecule has 31 heavy (non-hydrogen) atoms. The molecule has 3 rings (SSSR count). The average Bonchev–Trinajstić information content (AvgIpc) is 3.27. The predicted molar refractivity (Wildman–Crippen MR) is 109 cm³/mol. The number of rotatable bonds is 6. The Morgan fingerprint density at radius 2 is 1.97 bits per heavy atom. The Morgan fingerprint density at radius 1 is 1.26 bits per heavy atom. The summed E-state index contributed by atoms with van der Waals surface area (Å²) in [5.74, 6) is -2.60. The molecule has 1 N–H and O–H groups in total. The molecule has 11 heteroatoms. The quantitative estimate of drug-likeness (QED) is 0.358. The summed E-state index contributed by atoms with van der Waals surface area (Å²) in [6, 6.07) is 3.96. The van der Waals surface area contributed by atoms with Gasteiger partial charge in [0.05, 0.1) is 11.8 Å². The van der Waals surface area contributed by atoms with Crippen LogP contribution < -0.4 is 5.32 Å². The third-order valence-electron chi connectivity index (χ3n) is 4.33. The first-order chi connectivity index (χ1) is 14.5. The lowest BCUT2D eigenvalue weighted by atomic mass is 10.0. The molecule has 0 aliphatic carbocycles. The number of Topliss-reactive ketones (excluding diaryl/α,β-unsaturated/α-hetero) is 1. The molecule has 3 aromatic rings. The Bertz CT molecular complexity index is 1140. The van der Waals surface area contributed by atoms with Crippen LogP contribution in [0.2, 0.25) is 4.34 Å². The van der Waals surface area contributed by atoms with Gasteiger partial charge in [-0.2, -0.15) is 13.2 Å². The van der Waals surface area contributed by atoms with Gasteiger partial charge < -0.3 is 4.57 Å². The normalized spacial score (nSPS) is 11.7. The van der Waals surface area contributed by atoms with E-state index in [4.69, 9.17) is 11.6 Å². The lowest BCUT2D eigenvalue weighted by Gasteiger charge is -2.12. The molecule has 0 aliphatic heterocycles. The summed E-state index contributed by atoms with van der Waals surface area (Å²) in [6.07, 6.45) is -2.12. The third-order valence-corrected chi connectivity index (χ3v) is 5.36. The van der Waals surface area contributed by atoms with Crippen molar-refractivity contribution in [2.75, 3.05) is 5.32 Å². The second-order valence-corrected chi connectivity index (χ2v) is 8.66. The van der Waals surface area contributed by atoms with Crippen LogP contribution in [0.4, 0.5) is 22.7 Å². The van der Waals surface area contributed by atoms with Crippen LogP contribution in [0.1, 0.15) is 45.8 Å². The zero-order chi connectivity index (χ0) is 22.9. The fourth-order valence-electron chi connectivity index (χ4n) is 2.86. The summed E-state index contributed by atoms with van der Waals surface area (Å²) in [7, 11) is 0. The lowest BCUT2D eigenvalue weighted by Crippen LogP contribution is -2.17. The fraction of sp³-hybridized carbons (Fsp3) is 0.250. The summed E-state index contributed by atoms with van der Waals surface area (Å²) < 4.78 is 54.4. The van der Waals surface area contributed by atoms with E-state index in [1.54, 1.807) is 13.8 Å². The summed E-state index contributed by atoms with van der Waals surface area (Å²) >= 11 is 6.83. The first-order valence-corrected chi connectivity index (χ1v) is 10.2. The molecule has 0 atom stereocenters. The van der Waals surface area contributed by atoms with Gasteiger partial charge >= 0.3 is 6.18 Å². The largest absolute Gasteiger partial charge is 0.419 e. The van der Waals surface area contributed by atoms with Crippen molar-refractivity contribution in [2.45, 2.75) is 26.6 Å². The topological polar surface area (TPSA) is 64.0 Å². The van der Waals surface area contributed by atoms with Crippen LogP contribution in [-0.4, -0.2) is 21.2 Å². The van der Waals surface area contributed by atoms with Crippen LogP contribution in [0.5, 0.6) is 0 Å². The molecule has 0 radical (unpaired) electrons. The summed E-state index contributed by atoms with van der Waals surface area (Å²) in [4.78, 5) is 29.1. The van der Waals surface area contributed by atoms with Crippen molar-refractivity contribution in [3.05, 3.63) is 69.2 Å². The number of nitrogens with zero attached hydrogens (tertiary/aromatic N) is 2. The van der Waals surface area contributed by atoms with Crippen molar-refractivity contribution in [1.82, 2.24) is 9.55 Å². The van der Waals surface area contributed by atoms with Crippen LogP contribution >= 0.6 is 22.9 Å². The van der Waals surface area contributed by atoms with Gasteiger partial charge in [-0.25, -0.2) is 9.37 Å². The Balaban J connectivity index is 1.98. The number of nitrogens with one attached hydrogen (secondary N) is 1. The number of aromatic nitrogens is 2. The molecule has 0 fully saturated rings. The molecule has 0 aliphatic rings. The number of amides is 1. The van der Waals surface area contributed by atoms with Gasteiger partial charge in [-0.1, -0.05) is 42.9 Å². The van der Waals surface area contributed by atoms with Crippen LogP contribution in [0.15, 0.2) is 36.7 Å². The molecule has 5 nitrogen and oxygen atoms in total. The summed E-state index contributed by atoms with van der Waals surface area (Å²) in [5.41, 5.74) is -1.03. The predicted octanol–water partition coefficient (Wildman–Crippen LogP) is 5.90. The molecular weight excluding hydrogens is 458 g/mol. The van der Waals surface area contributed by atoms with Gasteiger partial charge in [-0.15, -0.1) is 0 Å². The zero-order valence-corrected chi connectivity index (χ0v) is 17.8. The third kappa shape index (κ3) is 5.31. The Labute approximate surface area is 183 Å². The maximum atomic E-state index is 13.6. The van der Waals surface area contributed by atoms with Crippen molar-refractivity contribution in [1.29, 1.82) is 0 Å². The number of benzene rings is 1. The second-order valence-electron chi connectivity index (χ2n) is 7.00. The average molecular weight is 474 g/mol. The number of carbonyl (C=O) groups excluding carboxylic acids is 2. The van der Waals surface area contributed by atoms with Crippen LogP contribution in [0.25, 0.3) is 0 Å². The van der Waals surface area contributed by atoms with E-state index in [-0.39, 0.29) is 40.2 Å². The molecule has 0 saturated carbocycles. The highest BCUT2D eigenvalue weighted by molar-refractivity contribution is 7.19. The first kappa shape index (κ1) is 23.0. The minimum atomic E-state index is -4.86. The number of thiazole rings is 1. The standard InChI is InChI=1S/C20H16ClF4N3O2S/c1-10(2)17(29)12-6-15(18(30)27-19-26-7-16(21)31-19)28(9-12)8-11-3-4-14(22)13(5-11)20(23,24)25/h3-7,9-10H,8H2,1-2H3,(H,26,27,30). The number of halogens is 5. The molecule has 1 amide bonds. The number of anilines is 1. The molecule has 1 aromatic carbocycles. The molecule has 0 spiro atoms. The van der Waals surface area contributed by atoms with Crippen LogP contribution in [0.3, 0.4) is 0 Å². The second kappa shape index (κ2) is 8.80. The van der Waals surface area contributed by atoms with E-state index >= 15 is 0 Å². The number of hydrogen-bond donors (Lipinski definition) is 1. The molecule has 2 aromatic heterocycles. The molecule has 0 unspecified atom stereocenters. The van der Waals surface area contributed by atoms with Gasteiger partial charge in [-0.05, 0) is 23.8 Å². The van der Waals surface area contributed by atoms with E-state index in [0.29, 0.717) is 10.4 Å². The summed E-state index contributed by atoms with van der Waals surface area (Å²) in [5, 5.41) is 2.77. The monoisotopic (exact) mass is 473 g/mol. The van der Waals surface area contributed by atoms with E-state index in [1.165, 1.54) is 29.1 Å². The van der Waals surface area contributed by atoms with E-state index < -0.39 is 23.5 Å². The SMILES string of the molecule is CC(C)C(=O)c1cc(C(=O)Nc2ncc(Cl)s2)n(Cc2ccc(F)c(C(F)(F)F)c2)c1. The van der Waals surface area contributed by atoms with E-state index in [9.17, 15) is 27.2 Å². The first-order valence-electron chi connectivity index (χ1n) is 8.98. The Hall–Kier alpha value is -2.72. The highest BCUT2D eigenvalue weighted by Crippen LogP contribution is 2.32. The van der Waals surface area contributed by atoms with Gasteiger partial charge in [0.25, 0.3) is 5.91 Å². The molecular formula is C20H16ClF4N3O2S. The minimum Gasteiger partial charge on any atom is -0.338 e. The van der Waals surface area contributed by atoms with Crippen molar-refractivity contribution < 1.29 is 27.2 Å². The van der Waals surface area contributed by atoms with Crippen LogP contribution in [0, 0.1) is 11.7 Å². The minimum absolute atomic E-state index is 0.0354. The van der Waals surface area contributed by atoms with E-state index in [1.807, 2.05) is 0 Å². The van der Waals surface area contributed by atoms with Crippen molar-refractivity contribution in [3.63, 3.8) is 0 Å². The lowest BCUT2D eigenvalue weighted by molar-refractivity contribution is -0.140. The number of carbonyl (C=O) groups is 2. The fourth-order valence-corrected chi connectivity index (χ4v) is 3.67.